The molecule has 2 aliphatic heterocycles. The van der Waals surface area contributed by atoms with E-state index >= 15 is 0 Å². The van der Waals surface area contributed by atoms with Crippen molar-refractivity contribution in [2.75, 3.05) is 18.0 Å². The Morgan fingerprint density at radius 2 is 2.15 bits per heavy atom. The van der Waals surface area contributed by atoms with Gasteiger partial charge in [0.25, 0.3) is 5.91 Å². The van der Waals surface area contributed by atoms with E-state index in [1.54, 1.807) is 6.26 Å². The summed E-state index contributed by atoms with van der Waals surface area (Å²) in [7, 11) is 0. The molecule has 0 bridgehead atoms. The maximum Gasteiger partial charge on any atom is 0.289 e. The van der Waals surface area contributed by atoms with E-state index in [9.17, 15) is 4.79 Å². The van der Waals surface area contributed by atoms with Crippen LogP contribution >= 0.6 is 0 Å². The number of likely N-dealkylation sites (tertiary alicyclic amines) is 1. The fourth-order valence-electron chi connectivity index (χ4n) is 4.47. The van der Waals surface area contributed by atoms with Gasteiger partial charge in [0.05, 0.1) is 6.26 Å². The van der Waals surface area contributed by atoms with Crippen LogP contribution in [-0.2, 0) is 13.0 Å². The molecule has 0 spiro atoms. The molecule has 3 heterocycles. The lowest BCUT2D eigenvalue weighted by molar-refractivity contribution is 0.0627. The number of carbonyl (C=O) groups excluding carboxylic acids is 1. The molecule has 4 rings (SSSR count). The lowest BCUT2D eigenvalue weighted by atomic mass is 9.92. The summed E-state index contributed by atoms with van der Waals surface area (Å²) in [6.45, 7) is 6.47. The van der Waals surface area contributed by atoms with E-state index < -0.39 is 0 Å². The second-order valence-corrected chi connectivity index (χ2v) is 8.10. The summed E-state index contributed by atoms with van der Waals surface area (Å²) in [5.41, 5.74) is 9.68. The third-order valence-electron chi connectivity index (χ3n) is 6.12. The molecule has 1 fully saturated rings. The number of anilines is 1. The molecule has 1 aromatic carbocycles. The van der Waals surface area contributed by atoms with Crippen LogP contribution in [0.15, 0.2) is 41.0 Å². The summed E-state index contributed by atoms with van der Waals surface area (Å²) in [5.74, 6) is 0.851. The van der Waals surface area contributed by atoms with E-state index in [0.717, 1.165) is 37.9 Å². The van der Waals surface area contributed by atoms with E-state index in [1.807, 2.05) is 17.9 Å². The zero-order valence-corrected chi connectivity index (χ0v) is 16.2. The SMILES string of the molecule is CC(N)C1CCCN(C(=O)c2occc2CN2c3ccccc3CC2C)C1. The molecule has 0 aliphatic carbocycles. The predicted molar refractivity (Wildman–Crippen MR) is 107 cm³/mol. The molecule has 3 atom stereocenters. The largest absolute Gasteiger partial charge is 0.459 e. The van der Waals surface area contributed by atoms with Gasteiger partial charge in [-0.25, -0.2) is 0 Å². The van der Waals surface area contributed by atoms with E-state index in [0.29, 0.717) is 24.3 Å². The maximum absolute atomic E-state index is 13.1. The first kappa shape index (κ1) is 18.1. The van der Waals surface area contributed by atoms with Crippen LogP contribution in [0.1, 0.15) is 48.4 Å². The number of fused-ring (bicyclic) bond motifs is 1. The Labute approximate surface area is 161 Å². The van der Waals surface area contributed by atoms with Crippen molar-refractivity contribution in [2.24, 2.45) is 11.7 Å². The molecule has 1 saturated heterocycles. The average molecular weight is 367 g/mol. The molecule has 3 unspecified atom stereocenters. The van der Waals surface area contributed by atoms with Crippen molar-refractivity contribution in [1.82, 2.24) is 4.90 Å². The minimum absolute atomic E-state index is 0.000449. The average Bonchev–Trinajstić information content (AvgIpc) is 3.26. The molecule has 1 amide bonds. The van der Waals surface area contributed by atoms with Crippen LogP contribution in [0.4, 0.5) is 5.69 Å². The van der Waals surface area contributed by atoms with Gasteiger partial charge in [-0.15, -0.1) is 0 Å². The summed E-state index contributed by atoms with van der Waals surface area (Å²) < 4.78 is 5.66. The van der Waals surface area contributed by atoms with Crippen molar-refractivity contribution in [3.63, 3.8) is 0 Å². The van der Waals surface area contributed by atoms with Gasteiger partial charge in [0.15, 0.2) is 5.76 Å². The number of benzene rings is 1. The van der Waals surface area contributed by atoms with Crippen molar-refractivity contribution in [1.29, 1.82) is 0 Å². The minimum atomic E-state index is 0.000449. The summed E-state index contributed by atoms with van der Waals surface area (Å²) in [4.78, 5) is 17.4. The lowest BCUT2D eigenvalue weighted by Gasteiger charge is -2.34. The van der Waals surface area contributed by atoms with E-state index in [4.69, 9.17) is 10.2 Å². The molecule has 5 heteroatoms. The second kappa shape index (κ2) is 7.39. The molecule has 1 aromatic heterocycles. The highest BCUT2D eigenvalue weighted by atomic mass is 16.3. The Bertz CT molecular complexity index is 813. The van der Waals surface area contributed by atoms with E-state index in [1.165, 1.54) is 11.3 Å². The molecule has 0 saturated carbocycles. The van der Waals surface area contributed by atoms with Gasteiger partial charge in [0.1, 0.15) is 0 Å². The third-order valence-corrected chi connectivity index (χ3v) is 6.12. The zero-order chi connectivity index (χ0) is 19.0. The Morgan fingerprint density at radius 3 is 2.96 bits per heavy atom. The van der Waals surface area contributed by atoms with Crippen LogP contribution in [0.25, 0.3) is 0 Å². The smallest absolute Gasteiger partial charge is 0.289 e. The molecular formula is C22H29N3O2. The van der Waals surface area contributed by atoms with Gasteiger partial charge in [-0.3, -0.25) is 4.79 Å². The summed E-state index contributed by atoms with van der Waals surface area (Å²) in [6.07, 6.45) is 4.78. The highest BCUT2D eigenvalue weighted by molar-refractivity contribution is 5.93. The molecule has 144 valence electrons. The monoisotopic (exact) mass is 367 g/mol. The second-order valence-electron chi connectivity index (χ2n) is 8.10. The summed E-state index contributed by atoms with van der Waals surface area (Å²) in [6, 6.07) is 11.0. The number of rotatable bonds is 4. The zero-order valence-electron chi connectivity index (χ0n) is 16.2. The molecule has 2 aromatic rings. The molecule has 2 aliphatic rings. The Morgan fingerprint density at radius 1 is 1.33 bits per heavy atom. The van der Waals surface area contributed by atoms with Crippen LogP contribution in [0.2, 0.25) is 0 Å². The number of hydrogen-bond donors (Lipinski definition) is 1. The summed E-state index contributed by atoms with van der Waals surface area (Å²) >= 11 is 0. The van der Waals surface area contributed by atoms with Gasteiger partial charge in [-0.2, -0.15) is 0 Å². The highest BCUT2D eigenvalue weighted by Crippen LogP contribution is 2.34. The fraction of sp³-hybridized carbons (Fsp3) is 0.500. The molecular weight excluding hydrogens is 338 g/mol. The van der Waals surface area contributed by atoms with Gasteiger partial charge in [0, 0.05) is 43.0 Å². The van der Waals surface area contributed by atoms with Crippen LogP contribution < -0.4 is 10.6 Å². The van der Waals surface area contributed by atoms with Gasteiger partial charge < -0.3 is 20.0 Å². The molecule has 5 nitrogen and oxygen atoms in total. The number of hydrogen-bond acceptors (Lipinski definition) is 4. The van der Waals surface area contributed by atoms with Crippen LogP contribution in [0.5, 0.6) is 0 Å². The minimum Gasteiger partial charge on any atom is -0.459 e. The van der Waals surface area contributed by atoms with Crippen molar-refractivity contribution in [3.05, 3.63) is 53.5 Å². The number of nitrogens with zero attached hydrogens (tertiary/aromatic N) is 2. The van der Waals surface area contributed by atoms with Gasteiger partial charge in [-0.1, -0.05) is 18.2 Å². The normalized spacial score (nSPS) is 23.4. The number of carbonyl (C=O) groups is 1. The van der Waals surface area contributed by atoms with Crippen LogP contribution in [-0.4, -0.2) is 36.0 Å². The Balaban J connectivity index is 1.52. The van der Waals surface area contributed by atoms with Gasteiger partial charge >= 0.3 is 0 Å². The van der Waals surface area contributed by atoms with Gasteiger partial charge in [-0.05, 0) is 56.7 Å². The predicted octanol–water partition coefficient (Wildman–Crippen LogP) is 3.43. The van der Waals surface area contributed by atoms with Crippen molar-refractivity contribution in [2.45, 2.75) is 51.7 Å². The number of amides is 1. The number of furan rings is 1. The van der Waals surface area contributed by atoms with E-state index in [-0.39, 0.29) is 11.9 Å². The van der Waals surface area contributed by atoms with E-state index in [2.05, 4.69) is 36.1 Å². The number of nitrogens with two attached hydrogens (primary N) is 1. The number of piperidine rings is 1. The van der Waals surface area contributed by atoms with Crippen molar-refractivity contribution >= 4 is 11.6 Å². The van der Waals surface area contributed by atoms with Crippen LogP contribution in [0, 0.1) is 5.92 Å². The van der Waals surface area contributed by atoms with Crippen molar-refractivity contribution in [3.8, 4) is 0 Å². The topological polar surface area (TPSA) is 62.7 Å². The van der Waals surface area contributed by atoms with Crippen LogP contribution in [0.3, 0.4) is 0 Å². The first-order valence-electron chi connectivity index (χ1n) is 10.0. The quantitative estimate of drug-likeness (QED) is 0.899. The fourth-order valence-corrected chi connectivity index (χ4v) is 4.47. The third kappa shape index (κ3) is 3.48. The van der Waals surface area contributed by atoms with Gasteiger partial charge in [0.2, 0.25) is 0 Å². The first-order valence-corrected chi connectivity index (χ1v) is 10.0. The highest BCUT2D eigenvalue weighted by Gasteiger charge is 2.31. The number of para-hydroxylation sites is 1. The molecule has 0 radical (unpaired) electrons. The first-order chi connectivity index (χ1) is 13.0. The maximum atomic E-state index is 13.1. The van der Waals surface area contributed by atoms with Crippen molar-refractivity contribution < 1.29 is 9.21 Å². The molecule has 27 heavy (non-hydrogen) atoms. The lowest BCUT2D eigenvalue weighted by Crippen LogP contribution is -2.45. The molecule has 2 N–H and O–H groups in total. The Kier molecular flexibility index (Phi) is 4.96. The standard InChI is InChI=1S/C22H29N3O2/c1-15-12-17-6-3-4-8-20(17)25(15)14-19-9-11-27-21(19)22(26)24-10-5-7-18(13-24)16(2)23/h3-4,6,8-9,11,15-16,18H,5,7,10,12-14,23H2,1-2H3. The summed E-state index contributed by atoms with van der Waals surface area (Å²) in [5, 5.41) is 0. The Hall–Kier alpha value is -2.27.